The SMILES string of the molecule is N#CC1CN(S(=O)(=O)N2CCC[C@H](C(=O)N3[C@@H](C(=O)NCc4ccc(C(F)(F)F)nc4)C[C@H]4C[C@H]43)C2)C1. The van der Waals surface area contributed by atoms with Crippen molar-refractivity contribution >= 4 is 22.0 Å². The first-order valence-electron chi connectivity index (χ1n) is 12.3. The molecule has 5 rings (SSSR count). The molecule has 1 saturated carbocycles. The van der Waals surface area contributed by atoms with Gasteiger partial charge in [-0.25, -0.2) is 0 Å². The van der Waals surface area contributed by atoms with Gasteiger partial charge in [0.15, 0.2) is 0 Å². The number of carbonyl (C=O) groups is 2. The summed E-state index contributed by atoms with van der Waals surface area (Å²) in [5.74, 6) is -1.28. The number of halogens is 3. The molecule has 1 aliphatic carbocycles. The van der Waals surface area contributed by atoms with Gasteiger partial charge >= 0.3 is 6.18 Å². The van der Waals surface area contributed by atoms with E-state index >= 15 is 0 Å². The van der Waals surface area contributed by atoms with Crippen molar-refractivity contribution in [3.05, 3.63) is 29.6 Å². The number of likely N-dealkylation sites (tertiary alicyclic amines) is 1. The molecule has 0 spiro atoms. The summed E-state index contributed by atoms with van der Waals surface area (Å²) in [6, 6.07) is 3.41. The van der Waals surface area contributed by atoms with Crippen LogP contribution in [0.2, 0.25) is 0 Å². The van der Waals surface area contributed by atoms with Gasteiger partial charge in [-0.15, -0.1) is 0 Å². The van der Waals surface area contributed by atoms with E-state index in [1.807, 2.05) is 0 Å². The number of aromatic nitrogens is 1. The van der Waals surface area contributed by atoms with Crippen LogP contribution in [0.25, 0.3) is 0 Å². The zero-order valence-corrected chi connectivity index (χ0v) is 20.7. The quantitative estimate of drug-likeness (QED) is 0.576. The minimum Gasteiger partial charge on any atom is -0.350 e. The highest BCUT2D eigenvalue weighted by molar-refractivity contribution is 7.86. The van der Waals surface area contributed by atoms with E-state index in [4.69, 9.17) is 5.26 Å². The number of hydrogen-bond acceptors (Lipinski definition) is 6. The molecule has 0 aromatic carbocycles. The van der Waals surface area contributed by atoms with Gasteiger partial charge in [0.2, 0.25) is 11.8 Å². The summed E-state index contributed by atoms with van der Waals surface area (Å²) >= 11 is 0. The van der Waals surface area contributed by atoms with Crippen molar-refractivity contribution in [2.75, 3.05) is 26.2 Å². The number of pyridine rings is 1. The summed E-state index contributed by atoms with van der Waals surface area (Å²) in [4.78, 5) is 31.5. The number of fused-ring (bicyclic) bond motifs is 1. The summed E-state index contributed by atoms with van der Waals surface area (Å²) in [5, 5.41) is 11.7. The highest BCUT2D eigenvalue weighted by Crippen LogP contribution is 2.48. The van der Waals surface area contributed by atoms with Crippen molar-refractivity contribution in [2.24, 2.45) is 17.8 Å². The van der Waals surface area contributed by atoms with Crippen LogP contribution in [0.5, 0.6) is 0 Å². The molecule has 10 nitrogen and oxygen atoms in total. The van der Waals surface area contributed by atoms with Crippen molar-refractivity contribution < 1.29 is 31.2 Å². The number of nitriles is 1. The van der Waals surface area contributed by atoms with Crippen molar-refractivity contribution in [3.63, 3.8) is 0 Å². The molecular weight excluding hydrogens is 513 g/mol. The average molecular weight is 541 g/mol. The normalized spacial score (nSPS) is 28.8. The average Bonchev–Trinajstić information content (AvgIpc) is 3.50. The number of alkyl halides is 3. The van der Waals surface area contributed by atoms with Crippen LogP contribution in [0, 0.1) is 29.1 Å². The molecule has 4 fully saturated rings. The fraction of sp³-hybridized carbons (Fsp3) is 0.652. The van der Waals surface area contributed by atoms with E-state index in [1.165, 1.54) is 14.7 Å². The molecule has 4 atom stereocenters. The molecule has 1 aromatic rings. The lowest BCUT2D eigenvalue weighted by molar-refractivity contribution is -0.144. The zero-order chi connectivity index (χ0) is 26.5. The Bertz CT molecular complexity index is 1210. The van der Waals surface area contributed by atoms with Crippen LogP contribution < -0.4 is 5.32 Å². The summed E-state index contributed by atoms with van der Waals surface area (Å²) in [7, 11) is -3.75. The largest absolute Gasteiger partial charge is 0.433 e. The van der Waals surface area contributed by atoms with Gasteiger partial charge in [0.05, 0.1) is 17.9 Å². The van der Waals surface area contributed by atoms with Crippen LogP contribution in [-0.4, -0.2) is 77.0 Å². The van der Waals surface area contributed by atoms with E-state index in [1.54, 1.807) is 4.90 Å². The number of nitrogens with one attached hydrogen (secondary N) is 1. The van der Waals surface area contributed by atoms with Crippen molar-refractivity contribution in [1.82, 2.24) is 23.8 Å². The second kappa shape index (κ2) is 9.52. The lowest BCUT2D eigenvalue weighted by Crippen LogP contribution is -2.58. The standard InChI is InChI=1S/C23H27F3N6O4S/c24-23(25,26)20-4-3-14(9-28-20)10-29-21(33)19-7-17-6-18(17)32(19)22(34)16-2-1-5-30(13-16)37(35,36)31-11-15(8-27)12-31/h3-4,9,15-19H,1-2,5-7,10-13H2,(H,29,33)/t16-,17+,18+,19+/m0/s1. The number of nitrogens with zero attached hydrogens (tertiary/aromatic N) is 5. The third-order valence-corrected chi connectivity index (χ3v) is 9.59. The minimum atomic E-state index is -4.55. The van der Waals surface area contributed by atoms with Gasteiger partial charge < -0.3 is 10.2 Å². The Balaban J connectivity index is 1.20. The maximum Gasteiger partial charge on any atom is 0.433 e. The molecule has 4 heterocycles. The first-order chi connectivity index (χ1) is 17.5. The molecule has 14 heteroatoms. The molecule has 2 amide bonds. The highest BCUT2D eigenvalue weighted by Gasteiger charge is 2.57. The number of hydrogen-bond donors (Lipinski definition) is 1. The summed E-state index contributed by atoms with van der Waals surface area (Å²) in [5.41, 5.74) is -0.613. The minimum absolute atomic E-state index is 0.0210. The molecule has 1 N–H and O–H groups in total. The second-order valence-corrected chi connectivity index (χ2v) is 12.1. The van der Waals surface area contributed by atoms with Crippen LogP contribution in [0.4, 0.5) is 13.2 Å². The van der Waals surface area contributed by atoms with Crippen LogP contribution in [0.1, 0.15) is 36.9 Å². The predicted molar refractivity (Wildman–Crippen MR) is 122 cm³/mol. The number of carbonyl (C=O) groups excluding carboxylic acids is 2. The third kappa shape index (κ3) is 5.04. The molecule has 0 unspecified atom stereocenters. The highest BCUT2D eigenvalue weighted by atomic mass is 32.2. The van der Waals surface area contributed by atoms with Crippen LogP contribution in [0.3, 0.4) is 0 Å². The first kappa shape index (κ1) is 25.9. The number of piperidine rings is 2. The fourth-order valence-electron chi connectivity index (χ4n) is 5.45. The Labute approximate surface area is 212 Å². The van der Waals surface area contributed by atoms with Crippen LogP contribution >= 0.6 is 0 Å². The van der Waals surface area contributed by atoms with Crippen molar-refractivity contribution in [2.45, 2.75) is 50.5 Å². The molecule has 4 aliphatic rings. The van der Waals surface area contributed by atoms with Crippen molar-refractivity contribution in [3.8, 4) is 6.07 Å². The van der Waals surface area contributed by atoms with Crippen LogP contribution in [0.15, 0.2) is 18.3 Å². The maximum atomic E-state index is 13.5. The fourth-order valence-corrected chi connectivity index (χ4v) is 7.24. The molecule has 1 aromatic heterocycles. The van der Waals surface area contributed by atoms with E-state index in [0.29, 0.717) is 31.4 Å². The van der Waals surface area contributed by atoms with E-state index in [-0.39, 0.29) is 55.9 Å². The maximum absolute atomic E-state index is 13.5. The summed E-state index contributed by atoms with van der Waals surface area (Å²) in [6.07, 6.45) is -1.14. The smallest absolute Gasteiger partial charge is 0.350 e. The molecular formula is C23H27F3N6O4S. The zero-order valence-electron chi connectivity index (χ0n) is 19.9. The monoisotopic (exact) mass is 540 g/mol. The summed E-state index contributed by atoms with van der Waals surface area (Å²) < 4.78 is 66.6. The van der Waals surface area contributed by atoms with Gasteiger partial charge in [-0.3, -0.25) is 14.6 Å². The topological polar surface area (TPSA) is 127 Å². The first-order valence-corrected chi connectivity index (χ1v) is 13.7. The van der Waals surface area contributed by atoms with Gasteiger partial charge in [-0.1, -0.05) is 6.07 Å². The lowest BCUT2D eigenvalue weighted by atomic mass is 9.97. The Morgan fingerprint density at radius 1 is 1.16 bits per heavy atom. The molecule has 200 valence electrons. The van der Waals surface area contributed by atoms with E-state index in [2.05, 4.69) is 16.4 Å². The second-order valence-electron chi connectivity index (χ2n) is 10.2. The van der Waals surface area contributed by atoms with Gasteiger partial charge in [0.25, 0.3) is 10.2 Å². The van der Waals surface area contributed by atoms with Gasteiger partial charge in [-0.2, -0.15) is 35.5 Å². The van der Waals surface area contributed by atoms with Crippen molar-refractivity contribution in [1.29, 1.82) is 5.26 Å². The van der Waals surface area contributed by atoms with Gasteiger partial charge in [-0.05, 0) is 43.2 Å². The number of amides is 2. The third-order valence-electron chi connectivity index (χ3n) is 7.66. The van der Waals surface area contributed by atoms with Gasteiger partial charge in [0.1, 0.15) is 11.7 Å². The molecule has 3 saturated heterocycles. The molecule has 37 heavy (non-hydrogen) atoms. The van der Waals surface area contributed by atoms with Gasteiger partial charge in [0, 0.05) is 45.0 Å². The molecule has 0 bridgehead atoms. The molecule has 3 aliphatic heterocycles. The Hall–Kier alpha value is -2.76. The van der Waals surface area contributed by atoms with Crippen LogP contribution in [-0.2, 0) is 32.5 Å². The van der Waals surface area contributed by atoms with E-state index in [0.717, 1.165) is 18.7 Å². The molecule has 0 radical (unpaired) electrons. The summed E-state index contributed by atoms with van der Waals surface area (Å²) in [6.45, 7) is 0.624. The van der Waals surface area contributed by atoms with E-state index in [9.17, 15) is 31.2 Å². The predicted octanol–water partition coefficient (Wildman–Crippen LogP) is 1.12. The Morgan fingerprint density at radius 3 is 2.57 bits per heavy atom. The number of rotatable bonds is 6. The Morgan fingerprint density at radius 2 is 1.92 bits per heavy atom. The Kier molecular flexibility index (Phi) is 6.66. The lowest BCUT2D eigenvalue weighted by Gasteiger charge is -2.41. The van der Waals surface area contributed by atoms with E-state index < -0.39 is 34.0 Å².